The summed E-state index contributed by atoms with van der Waals surface area (Å²) in [7, 11) is 0. The molecular weight excluding hydrogens is 307 g/mol. The maximum absolute atomic E-state index is 8.86. The third-order valence-corrected chi connectivity index (χ3v) is 3.87. The molecule has 0 amide bonds. The molecule has 0 aliphatic carbocycles. The van der Waals surface area contributed by atoms with Crippen LogP contribution in [0.4, 0.5) is 11.6 Å². The minimum Gasteiger partial charge on any atom is -0.382 e. The highest BCUT2D eigenvalue weighted by Gasteiger charge is 2.14. The van der Waals surface area contributed by atoms with Crippen LogP contribution in [0, 0.1) is 11.3 Å². The Morgan fingerprint density at radius 1 is 1.21 bits per heavy atom. The Labute approximate surface area is 122 Å². The van der Waals surface area contributed by atoms with Gasteiger partial charge in [-0.15, -0.1) is 0 Å². The van der Waals surface area contributed by atoms with Crippen molar-refractivity contribution in [2.75, 3.05) is 11.5 Å². The van der Waals surface area contributed by atoms with Crippen LogP contribution in [0.25, 0.3) is 0 Å². The van der Waals surface area contributed by atoms with E-state index < -0.39 is 0 Å². The number of nitrogens with two attached hydrogens (primary N) is 2. The summed E-state index contributed by atoms with van der Waals surface area (Å²) in [5.41, 5.74) is 11.3. The van der Waals surface area contributed by atoms with E-state index in [4.69, 9.17) is 39.9 Å². The Balaban J connectivity index is 2.44. The third-order valence-electron chi connectivity index (χ3n) is 2.04. The molecule has 0 saturated heterocycles. The molecule has 0 aliphatic rings. The maximum Gasteiger partial charge on any atom is 0.179 e. The summed E-state index contributed by atoms with van der Waals surface area (Å²) in [5.74, 6) is 0.313. The molecule has 0 bridgehead atoms. The number of hydrogen-bond acceptors (Lipinski definition) is 7. The van der Waals surface area contributed by atoms with Gasteiger partial charge in [0.2, 0.25) is 0 Å². The second kappa shape index (κ2) is 5.48. The highest BCUT2D eigenvalue weighted by atomic mass is 35.5. The monoisotopic (exact) mass is 312 g/mol. The first-order valence-corrected chi connectivity index (χ1v) is 6.41. The number of nitriles is 1. The molecule has 0 spiro atoms. The van der Waals surface area contributed by atoms with Crippen LogP contribution in [0.2, 0.25) is 10.2 Å². The molecule has 2 rings (SSSR count). The first-order valence-electron chi connectivity index (χ1n) is 4.84. The quantitative estimate of drug-likeness (QED) is 0.874. The number of hydrogen-bond donors (Lipinski definition) is 2. The molecule has 0 aliphatic heterocycles. The van der Waals surface area contributed by atoms with Gasteiger partial charge in [-0.2, -0.15) is 5.26 Å². The molecule has 19 heavy (non-hydrogen) atoms. The average Bonchev–Trinajstić information content (AvgIpc) is 2.38. The highest BCUT2D eigenvalue weighted by molar-refractivity contribution is 7.99. The van der Waals surface area contributed by atoms with Gasteiger partial charge >= 0.3 is 0 Å². The van der Waals surface area contributed by atoms with Gasteiger partial charge in [0.15, 0.2) is 16.7 Å². The molecule has 96 valence electrons. The highest BCUT2D eigenvalue weighted by Crippen LogP contribution is 2.36. The first kappa shape index (κ1) is 13.7. The van der Waals surface area contributed by atoms with Crippen molar-refractivity contribution in [2.45, 2.75) is 9.92 Å². The van der Waals surface area contributed by atoms with Gasteiger partial charge in [-0.25, -0.2) is 15.0 Å². The molecule has 0 radical (unpaired) electrons. The summed E-state index contributed by atoms with van der Waals surface area (Å²) in [4.78, 5) is 12.3. The molecule has 0 fully saturated rings. The number of nitrogens with zero attached hydrogens (tertiary/aromatic N) is 4. The van der Waals surface area contributed by atoms with E-state index in [-0.39, 0.29) is 22.5 Å². The Morgan fingerprint density at radius 3 is 2.63 bits per heavy atom. The Bertz CT molecular complexity index is 684. The fraction of sp³-hybridized carbons (Fsp3) is 0. The number of nitrogen functional groups attached to an aromatic ring is 2. The second-order valence-electron chi connectivity index (χ2n) is 3.28. The minimum atomic E-state index is -0.0373. The lowest BCUT2D eigenvalue weighted by Gasteiger charge is -2.07. The van der Waals surface area contributed by atoms with Crippen LogP contribution in [0.5, 0.6) is 0 Å². The third kappa shape index (κ3) is 2.81. The molecule has 6 nitrogen and oxygen atoms in total. The van der Waals surface area contributed by atoms with Crippen LogP contribution in [0.3, 0.4) is 0 Å². The van der Waals surface area contributed by atoms with Crippen LogP contribution in [-0.4, -0.2) is 15.0 Å². The predicted octanol–water partition coefficient (Wildman–Crippen LogP) is 2.37. The lowest BCUT2D eigenvalue weighted by Crippen LogP contribution is -2.00. The second-order valence-corrected chi connectivity index (χ2v) is 5.04. The Hall–Kier alpha value is -1.75. The fourth-order valence-corrected chi connectivity index (χ4v) is 2.40. The number of anilines is 2. The molecule has 0 atom stereocenters. The predicted molar refractivity (Wildman–Crippen MR) is 74.0 cm³/mol. The summed E-state index contributed by atoms with van der Waals surface area (Å²) in [5, 5.41) is 9.44. The van der Waals surface area contributed by atoms with Crippen molar-refractivity contribution in [1.29, 1.82) is 5.26 Å². The maximum atomic E-state index is 8.86. The smallest absolute Gasteiger partial charge is 0.179 e. The lowest BCUT2D eigenvalue weighted by molar-refractivity contribution is 1.04. The molecule has 9 heteroatoms. The topological polar surface area (TPSA) is 114 Å². The van der Waals surface area contributed by atoms with Crippen molar-refractivity contribution >= 4 is 46.6 Å². The molecule has 0 aromatic carbocycles. The van der Waals surface area contributed by atoms with Gasteiger partial charge in [0.1, 0.15) is 16.9 Å². The number of halogens is 2. The molecule has 2 aromatic rings. The normalized spacial score (nSPS) is 10.2. The van der Waals surface area contributed by atoms with E-state index in [2.05, 4.69) is 15.0 Å². The average molecular weight is 313 g/mol. The van der Waals surface area contributed by atoms with Crippen LogP contribution in [-0.2, 0) is 0 Å². The van der Waals surface area contributed by atoms with Crippen molar-refractivity contribution in [1.82, 2.24) is 15.0 Å². The van der Waals surface area contributed by atoms with E-state index in [1.54, 1.807) is 6.07 Å². The number of pyridine rings is 1. The van der Waals surface area contributed by atoms with E-state index in [1.807, 2.05) is 6.07 Å². The van der Waals surface area contributed by atoms with Crippen molar-refractivity contribution in [3.8, 4) is 6.07 Å². The number of aromatic nitrogens is 3. The van der Waals surface area contributed by atoms with Gasteiger partial charge < -0.3 is 11.5 Å². The Morgan fingerprint density at radius 2 is 1.95 bits per heavy atom. The summed E-state index contributed by atoms with van der Waals surface area (Å²) < 4.78 is 0. The summed E-state index contributed by atoms with van der Waals surface area (Å²) >= 11 is 12.9. The summed E-state index contributed by atoms with van der Waals surface area (Å²) in [6, 6.07) is 3.49. The van der Waals surface area contributed by atoms with E-state index in [0.717, 1.165) is 11.8 Å². The summed E-state index contributed by atoms with van der Waals surface area (Å²) in [6.07, 6.45) is 1.51. The zero-order chi connectivity index (χ0) is 14.0. The Kier molecular flexibility index (Phi) is 3.95. The van der Waals surface area contributed by atoms with Crippen LogP contribution < -0.4 is 11.5 Å². The van der Waals surface area contributed by atoms with Gasteiger partial charge in [-0.3, -0.25) is 0 Å². The van der Waals surface area contributed by atoms with Crippen LogP contribution in [0.15, 0.2) is 22.2 Å². The van der Waals surface area contributed by atoms with Crippen LogP contribution in [0.1, 0.15) is 5.69 Å². The lowest BCUT2D eigenvalue weighted by atomic mass is 10.5. The number of rotatable bonds is 2. The molecule has 0 unspecified atom stereocenters. The molecular formula is C10H6Cl2N6S. The zero-order valence-corrected chi connectivity index (χ0v) is 11.6. The van der Waals surface area contributed by atoms with E-state index in [0.29, 0.717) is 14.9 Å². The van der Waals surface area contributed by atoms with Gasteiger partial charge in [-0.1, -0.05) is 35.0 Å². The van der Waals surface area contributed by atoms with Crippen molar-refractivity contribution in [2.24, 2.45) is 0 Å². The van der Waals surface area contributed by atoms with Crippen molar-refractivity contribution in [3.05, 3.63) is 28.1 Å². The largest absolute Gasteiger partial charge is 0.382 e. The first-order chi connectivity index (χ1) is 9.02. The molecule has 0 saturated carbocycles. The standard InChI is InChI=1S/C10H6Cl2N6S/c11-6-5(1-2-16-8(6)14)19-10-9(15)18-7(12)4(3-13)17-10/h1-2H,(H2,14,16)(H2,15,18). The van der Waals surface area contributed by atoms with Gasteiger partial charge in [0.05, 0.1) is 5.02 Å². The summed E-state index contributed by atoms with van der Waals surface area (Å²) in [6.45, 7) is 0. The van der Waals surface area contributed by atoms with Crippen molar-refractivity contribution in [3.63, 3.8) is 0 Å². The SMILES string of the molecule is N#Cc1nc(Sc2ccnc(N)c2Cl)c(N)nc1Cl. The zero-order valence-electron chi connectivity index (χ0n) is 9.26. The van der Waals surface area contributed by atoms with Crippen molar-refractivity contribution < 1.29 is 0 Å². The van der Waals surface area contributed by atoms with Gasteiger partial charge in [-0.05, 0) is 6.07 Å². The molecule has 4 N–H and O–H groups in total. The van der Waals surface area contributed by atoms with Gasteiger partial charge in [0, 0.05) is 11.1 Å². The molecule has 2 heterocycles. The fourth-order valence-electron chi connectivity index (χ4n) is 1.18. The minimum absolute atomic E-state index is 0.00322. The van der Waals surface area contributed by atoms with E-state index in [1.165, 1.54) is 6.20 Å². The van der Waals surface area contributed by atoms with Gasteiger partial charge in [0.25, 0.3) is 0 Å². The molecule has 2 aromatic heterocycles. The van der Waals surface area contributed by atoms with Crippen LogP contribution >= 0.6 is 35.0 Å². The van der Waals surface area contributed by atoms with E-state index in [9.17, 15) is 0 Å². The van der Waals surface area contributed by atoms with E-state index >= 15 is 0 Å².